The highest BCUT2D eigenvalue weighted by Gasteiger charge is 2.57. The SMILES string of the molecule is CC(=O)N[C@@H]([C@@H](O)[C@H](O)[C@@H](CO)O[C@]1(C(=O)O)C[C@H](O)[C@@H](NC(C)=O)[C@H]([C@H](O)[C@H](O)CO)O1)[C@@H](O)CC(=O)C(=O)O. The topological polar surface area (TPSA) is 330 Å². The molecule has 12 N–H and O–H groups in total. The first-order chi connectivity index (χ1) is 18.9. The largest absolute Gasteiger partial charge is 0.477 e. The van der Waals surface area contributed by atoms with E-state index in [1.807, 2.05) is 5.32 Å². The Balaban J connectivity index is 3.40. The Morgan fingerprint density at radius 1 is 0.927 bits per heavy atom. The number of carbonyl (C=O) groups excluding carboxylic acids is 3. The molecule has 0 aromatic heterocycles. The van der Waals surface area contributed by atoms with Gasteiger partial charge in [-0.25, -0.2) is 9.59 Å². The summed E-state index contributed by atoms with van der Waals surface area (Å²) in [6, 6.07) is -3.52. The van der Waals surface area contributed by atoms with Crippen molar-refractivity contribution >= 4 is 29.5 Å². The summed E-state index contributed by atoms with van der Waals surface area (Å²) in [5, 5.41) is 105. The molecular weight excluding hydrogens is 564 g/mol. The second kappa shape index (κ2) is 15.4. The van der Waals surface area contributed by atoms with E-state index < -0.39 is 122 Å². The number of nitrogens with one attached hydrogen (secondary N) is 2. The number of carboxylic acids is 2. The number of Topliss-reactive ketones (excluding diaryl/α,β-unsaturated/α-hetero) is 1. The molecule has 0 aromatic rings. The van der Waals surface area contributed by atoms with Gasteiger partial charge in [0.1, 0.15) is 36.6 Å². The van der Waals surface area contributed by atoms with Gasteiger partial charge >= 0.3 is 11.9 Å². The molecule has 41 heavy (non-hydrogen) atoms. The van der Waals surface area contributed by atoms with Gasteiger partial charge in [0.05, 0.1) is 37.5 Å². The molecule has 1 aliphatic rings. The van der Waals surface area contributed by atoms with Crippen LogP contribution in [0.3, 0.4) is 0 Å². The van der Waals surface area contributed by atoms with Crippen LogP contribution in [0.15, 0.2) is 0 Å². The number of ketones is 1. The minimum absolute atomic E-state index is 0.771. The molecule has 1 aliphatic heterocycles. The molecular formula is C22H36N2O17. The molecule has 1 heterocycles. The first kappa shape index (κ1) is 36.2. The van der Waals surface area contributed by atoms with Crippen molar-refractivity contribution in [2.24, 2.45) is 0 Å². The normalized spacial score (nSPS) is 27.8. The van der Waals surface area contributed by atoms with E-state index in [4.69, 9.17) is 14.6 Å². The quantitative estimate of drug-likeness (QED) is 0.0732. The zero-order valence-electron chi connectivity index (χ0n) is 21.9. The van der Waals surface area contributed by atoms with Gasteiger partial charge in [0, 0.05) is 26.7 Å². The molecule has 2 amide bonds. The predicted octanol–water partition coefficient (Wildman–Crippen LogP) is -6.86. The van der Waals surface area contributed by atoms with Crippen molar-refractivity contribution in [1.29, 1.82) is 0 Å². The average Bonchev–Trinajstić information content (AvgIpc) is 2.89. The summed E-state index contributed by atoms with van der Waals surface area (Å²) < 4.78 is 10.6. The summed E-state index contributed by atoms with van der Waals surface area (Å²) in [5.74, 6) is -10.2. The number of amides is 2. The number of aliphatic hydroxyl groups is 8. The fourth-order valence-electron chi connectivity index (χ4n) is 4.19. The average molecular weight is 601 g/mol. The third kappa shape index (κ3) is 9.33. The Morgan fingerprint density at radius 2 is 1.51 bits per heavy atom. The van der Waals surface area contributed by atoms with Crippen LogP contribution in [-0.4, -0.2) is 161 Å². The van der Waals surface area contributed by atoms with Crippen molar-refractivity contribution in [1.82, 2.24) is 10.6 Å². The second-order valence-corrected chi connectivity index (χ2v) is 9.42. The molecule has 0 radical (unpaired) electrons. The van der Waals surface area contributed by atoms with Crippen LogP contribution in [0.5, 0.6) is 0 Å². The highest BCUT2D eigenvalue weighted by Crippen LogP contribution is 2.35. The minimum Gasteiger partial charge on any atom is -0.477 e. The second-order valence-electron chi connectivity index (χ2n) is 9.42. The lowest BCUT2D eigenvalue weighted by Crippen LogP contribution is -2.69. The predicted molar refractivity (Wildman–Crippen MR) is 127 cm³/mol. The Kier molecular flexibility index (Phi) is 13.6. The summed E-state index contributed by atoms with van der Waals surface area (Å²) in [6.45, 7) is -0.429. The Bertz CT molecular complexity index is 949. The first-order valence-electron chi connectivity index (χ1n) is 12.1. The highest BCUT2D eigenvalue weighted by atomic mass is 16.7. The number of aliphatic hydroxyl groups excluding tert-OH is 8. The van der Waals surface area contributed by atoms with Crippen LogP contribution in [-0.2, 0) is 33.4 Å². The Hall–Kier alpha value is -2.85. The van der Waals surface area contributed by atoms with Crippen LogP contribution in [0.1, 0.15) is 26.7 Å². The fraction of sp³-hybridized carbons (Fsp3) is 0.773. The maximum atomic E-state index is 12.3. The van der Waals surface area contributed by atoms with Gasteiger partial charge < -0.3 is 71.2 Å². The molecule has 0 saturated carbocycles. The molecule has 0 spiro atoms. The van der Waals surface area contributed by atoms with E-state index in [0.29, 0.717) is 0 Å². The molecule has 0 unspecified atom stereocenters. The van der Waals surface area contributed by atoms with E-state index in [9.17, 15) is 69.9 Å². The Labute approximate surface area is 231 Å². The lowest BCUT2D eigenvalue weighted by Gasteiger charge is -2.48. The lowest BCUT2D eigenvalue weighted by atomic mass is 9.88. The summed E-state index contributed by atoms with van der Waals surface area (Å²) in [7, 11) is 0. The molecule has 19 heteroatoms. The van der Waals surface area contributed by atoms with E-state index in [1.165, 1.54) is 0 Å². The van der Waals surface area contributed by atoms with Crippen molar-refractivity contribution in [2.45, 2.75) is 93.4 Å². The van der Waals surface area contributed by atoms with Crippen molar-refractivity contribution in [3.05, 3.63) is 0 Å². The number of carboxylic acid groups (broad SMARTS) is 2. The third-order valence-corrected chi connectivity index (χ3v) is 6.22. The van der Waals surface area contributed by atoms with Crippen LogP contribution in [0, 0.1) is 0 Å². The molecule has 236 valence electrons. The van der Waals surface area contributed by atoms with Gasteiger partial charge in [-0.2, -0.15) is 0 Å². The maximum Gasteiger partial charge on any atom is 0.372 e. The molecule has 19 nitrogen and oxygen atoms in total. The van der Waals surface area contributed by atoms with Crippen molar-refractivity contribution in [3.8, 4) is 0 Å². The number of hydrogen-bond donors (Lipinski definition) is 12. The van der Waals surface area contributed by atoms with Gasteiger partial charge in [0.15, 0.2) is 0 Å². The lowest BCUT2D eigenvalue weighted by molar-refractivity contribution is -0.333. The maximum absolute atomic E-state index is 12.3. The van der Waals surface area contributed by atoms with Gasteiger partial charge in [-0.3, -0.25) is 14.4 Å². The van der Waals surface area contributed by atoms with Gasteiger partial charge in [0.2, 0.25) is 17.6 Å². The smallest absolute Gasteiger partial charge is 0.372 e. The first-order valence-corrected chi connectivity index (χ1v) is 12.1. The van der Waals surface area contributed by atoms with E-state index in [0.717, 1.165) is 13.8 Å². The zero-order valence-corrected chi connectivity index (χ0v) is 21.9. The molecule has 11 atom stereocenters. The summed E-state index contributed by atoms with van der Waals surface area (Å²) in [6.07, 6.45) is -19.2. The van der Waals surface area contributed by atoms with Crippen LogP contribution in [0.2, 0.25) is 0 Å². The molecule has 1 rings (SSSR count). The van der Waals surface area contributed by atoms with Crippen molar-refractivity contribution < 1.29 is 84.5 Å². The third-order valence-electron chi connectivity index (χ3n) is 6.22. The van der Waals surface area contributed by atoms with E-state index >= 15 is 0 Å². The van der Waals surface area contributed by atoms with Crippen molar-refractivity contribution in [3.63, 3.8) is 0 Å². The number of ether oxygens (including phenoxy) is 2. The van der Waals surface area contributed by atoms with Crippen LogP contribution < -0.4 is 10.6 Å². The van der Waals surface area contributed by atoms with Crippen molar-refractivity contribution in [2.75, 3.05) is 13.2 Å². The molecule has 1 saturated heterocycles. The zero-order chi connectivity index (χ0) is 31.8. The molecule has 1 fully saturated rings. The summed E-state index contributed by atoms with van der Waals surface area (Å²) in [4.78, 5) is 57.9. The number of rotatable bonds is 16. The van der Waals surface area contributed by atoms with Gasteiger partial charge in [-0.15, -0.1) is 0 Å². The highest BCUT2D eigenvalue weighted by molar-refractivity contribution is 6.32. The number of carbonyl (C=O) groups is 5. The van der Waals surface area contributed by atoms with E-state index in [1.54, 1.807) is 0 Å². The van der Waals surface area contributed by atoms with Gasteiger partial charge in [-0.1, -0.05) is 0 Å². The summed E-state index contributed by atoms with van der Waals surface area (Å²) in [5.41, 5.74) is 0. The number of aliphatic carboxylic acids is 2. The summed E-state index contributed by atoms with van der Waals surface area (Å²) >= 11 is 0. The van der Waals surface area contributed by atoms with Crippen LogP contribution in [0.4, 0.5) is 0 Å². The molecule has 0 aliphatic carbocycles. The van der Waals surface area contributed by atoms with Crippen LogP contribution >= 0.6 is 0 Å². The van der Waals surface area contributed by atoms with Gasteiger partial charge in [0.25, 0.3) is 5.79 Å². The van der Waals surface area contributed by atoms with E-state index in [-0.39, 0.29) is 0 Å². The molecule has 0 bridgehead atoms. The minimum atomic E-state index is -3.05. The molecule has 0 aromatic carbocycles. The van der Waals surface area contributed by atoms with Crippen LogP contribution in [0.25, 0.3) is 0 Å². The standard InChI is InChI=1S/C22H36N2O17/c1-7(27)23-14(9(29)3-10(30)20(36)37)18(35)17(34)13(6-26)40-22(21(38)39)4-11(31)15(24-8(2)28)19(41-22)16(33)12(32)5-25/h9,11-19,25-26,29,31-35H,3-6H2,1-2H3,(H,23,27)(H,24,28)(H,36,37)(H,38,39)/t9-,11-,12+,13+,14+,15+,16+,17+,18+,19+,22+/m0/s1. The fourth-order valence-corrected chi connectivity index (χ4v) is 4.19. The van der Waals surface area contributed by atoms with E-state index in [2.05, 4.69) is 5.32 Å². The monoisotopic (exact) mass is 600 g/mol. The Morgan fingerprint density at radius 3 is 1.95 bits per heavy atom. The van der Waals surface area contributed by atoms with Gasteiger partial charge in [-0.05, 0) is 0 Å². The number of hydrogen-bond acceptors (Lipinski definition) is 15.